The number of fused-ring (bicyclic) bond motifs is 1. The molecule has 0 amide bonds. The van der Waals surface area contributed by atoms with Gasteiger partial charge in [-0.2, -0.15) is 0 Å². The largest absolute Gasteiger partial charge is 0.468 e. The summed E-state index contributed by atoms with van der Waals surface area (Å²) >= 11 is 0. The van der Waals surface area contributed by atoms with Crippen LogP contribution in [-0.4, -0.2) is 5.78 Å². The van der Waals surface area contributed by atoms with E-state index in [1.54, 1.807) is 6.26 Å². The van der Waals surface area contributed by atoms with Crippen LogP contribution in [0.1, 0.15) is 48.4 Å². The molecule has 0 N–H and O–H groups in total. The predicted molar refractivity (Wildman–Crippen MR) is 50.0 cm³/mol. The van der Waals surface area contributed by atoms with Gasteiger partial charge >= 0.3 is 0 Å². The number of rotatable bonds is 0. The summed E-state index contributed by atoms with van der Waals surface area (Å²) in [4.78, 5) is 11.6. The van der Waals surface area contributed by atoms with Gasteiger partial charge in [0, 0.05) is 11.8 Å². The van der Waals surface area contributed by atoms with E-state index >= 15 is 0 Å². The summed E-state index contributed by atoms with van der Waals surface area (Å²) in [5.41, 5.74) is 1.83. The zero-order valence-corrected chi connectivity index (χ0v) is 8.31. The number of ketones is 1. The number of aryl methyl sites for hydroxylation is 1. The average molecular weight is 178 g/mol. The lowest BCUT2D eigenvalue weighted by Crippen LogP contribution is -2.26. The van der Waals surface area contributed by atoms with Crippen molar-refractivity contribution >= 4 is 5.78 Å². The number of furan rings is 1. The maximum atomic E-state index is 11.6. The molecule has 2 nitrogen and oxygen atoms in total. The monoisotopic (exact) mass is 178 g/mol. The van der Waals surface area contributed by atoms with Crippen molar-refractivity contribution in [3.63, 3.8) is 0 Å². The van der Waals surface area contributed by atoms with E-state index in [-0.39, 0.29) is 11.2 Å². The molecule has 0 aromatic carbocycles. The number of carbonyl (C=O) groups is 1. The quantitative estimate of drug-likeness (QED) is 0.611. The highest BCUT2D eigenvalue weighted by atomic mass is 16.3. The molecule has 0 fully saturated rings. The van der Waals surface area contributed by atoms with Gasteiger partial charge in [0.2, 0.25) is 0 Å². The molecule has 1 aromatic heterocycles. The molecule has 1 aromatic rings. The topological polar surface area (TPSA) is 30.2 Å². The smallest absolute Gasteiger partial charge is 0.166 e. The van der Waals surface area contributed by atoms with Gasteiger partial charge < -0.3 is 4.42 Å². The standard InChI is InChI=1S/C11H14O2/c1-7-6-13-10-9(7)8(12)4-5-11(10,2)3/h6H,4-5H2,1-3H3. The van der Waals surface area contributed by atoms with E-state index in [4.69, 9.17) is 4.42 Å². The maximum Gasteiger partial charge on any atom is 0.166 e. The zero-order valence-electron chi connectivity index (χ0n) is 8.31. The van der Waals surface area contributed by atoms with Gasteiger partial charge in [-0.25, -0.2) is 0 Å². The van der Waals surface area contributed by atoms with E-state index in [0.29, 0.717) is 6.42 Å². The molecule has 1 heterocycles. The molecule has 70 valence electrons. The Hall–Kier alpha value is -1.05. The van der Waals surface area contributed by atoms with Crippen LogP contribution in [0, 0.1) is 6.92 Å². The zero-order chi connectivity index (χ0) is 9.64. The van der Waals surface area contributed by atoms with Crippen molar-refractivity contribution in [2.24, 2.45) is 0 Å². The van der Waals surface area contributed by atoms with Crippen molar-refractivity contribution in [1.82, 2.24) is 0 Å². The Balaban J connectivity index is 2.63. The van der Waals surface area contributed by atoms with Crippen LogP contribution >= 0.6 is 0 Å². The first-order valence-corrected chi connectivity index (χ1v) is 4.64. The van der Waals surface area contributed by atoms with Crippen LogP contribution in [0.3, 0.4) is 0 Å². The molecule has 0 atom stereocenters. The molecule has 1 aliphatic carbocycles. The van der Waals surface area contributed by atoms with Crippen LogP contribution in [0.15, 0.2) is 10.7 Å². The minimum atomic E-state index is 0.0253. The van der Waals surface area contributed by atoms with E-state index in [0.717, 1.165) is 23.3 Å². The highest BCUT2D eigenvalue weighted by Crippen LogP contribution is 2.38. The SMILES string of the molecule is Cc1coc2c1C(=O)CCC2(C)C. The first-order valence-electron chi connectivity index (χ1n) is 4.64. The Bertz CT molecular complexity index is 358. The van der Waals surface area contributed by atoms with Crippen LogP contribution in [0.25, 0.3) is 0 Å². The maximum absolute atomic E-state index is 11.6. The molecule has 0 radical (unpaired) electrons. The van der Waals surface area contributed by atoms with Crippen molar-refractivity contribution in [3.8, 4) is 0 Å². The van der Waals surface area contributed by atoms with Gasteiger partial charge in [0.1, 0.15) is 5.76 Å². The summed E-state index contributed by atoms with van der Waals surface area (Å²) in [6.07, 6.45) is 3.24. The lowest BCUT2D eigenvalue weighted by Gasteiger charge is -2.27. The van der Waals surface area contributed by atoms with Crippen LogP contribution in [-0.2, 0) is 5.41 Å². The van der Waals surface area contributed by atoms with Gasteiger partial charge in [0.25, 0.3) is 0 Å². The summed E-state index contributed by atoms with van der Waals surface area (Å²) in [6, 6.07) is 0. The molecular weight excluding hydrogens is 164 g/mol. The van der Waals surface area contributed by atoms with Gasteiger partial charge in [0.05, 0.1) is 11.8 Å². The molecule has 0 spiro atoms. The van der Waals surface area contributed by atoms with Gasteiger partial charge in [-0.3, -0.25) is 4.79 Å². The molecule has 13 heavy (non-hydrogen) atoms. The summed E-state index contributed by atoms with van der Waals surface area (Å²) in [5.74, 6) is 1.11. The van der Waals surface area contributed by atoms with E-state index in [9.17, 15) is 4.79 Å². The minimum absolute atomic E-state index is 0.0253. The third kappa shape index (κ3) is 1.12. The molecular formula is C11H14O2. The lowest BCUT2D eigenvalue weighted by atomic mass is 9.76. The molecule has 2 heteroatoms. The van der Waals surface area contributed by atoms with E-state index in [1.165, 1.54) is 0 Å². The Morgan fingerprint density at radius 1 is 1.46 bits per heavy atom. The Labute approximate surface area is 77.9 Å². The predicted octanol–water partition coefficient (Wildman–Crippen LogP) is 2.84. The molecule has 0 aliphatic heterocycles. The molecule has 2 rings (SSSR count). The van der Waals surface area contributed by atoms with Gasteiger partial charge in [0.15, 0.2) is 5.78 Å². The third-order valence-electron chi connectivity index (χ3n) is 2.85. The minimum Gasteiger partial charge on any atom is -0.468 e. The van der Waals surface area contributed by atoms with Crippen LogP contribution < -0.4 is 0 Å². The van der Waals surface area contributed by atoms with Crippen molar-refractivity contribution in [2.75, 3.05) is 0 Å². The fraction of sp³-hybridized carbons (Fsp3) is 0.545. The van der Waals surface area contributed by atoms with Crippen LogP contribution in [0.4, 0.5) is 0 Å². The van der Waals surface area contributed by atoms with E-state index in [2.05, 4.69) is 13.8 Å². The highest BCUT2D eigenvalue weighted by Gasteiger charge is 2.35. The second kappa shape index (κ2) is 2.47. The summed E-state index contributed by atoms with van der Waals surface area (Å²) in [5, 5.41) is 0. The number of Topliss-reactive ketones (excluding diaryl/α,β-unsaturated/α-hetero) is 1. The van der Waals surface area contributed by atoms with Crippen molar-refractivity contribution in [2.45, 2.75) is 39.0 Å². The molecule has 0 bridgehead atoms. The number of hydrogen-bond donors (Lipinski definition) is 0. The molecule has 0 saturated carbocycles. The van der Waals surface area contributed by atoms with Crippen LogP contribution in [0.2, 0.25) is 0 Å². The van der Waals surface area contributed by atoms with Gasteiger partial charge in [-0.15, -0.1) is 0 Å². The first-order chi connectivity index (χ1) is 6.02. The van der Waals surface area contributed by atoms with Gasteiger partial charge in [-0.05, 0) is 18.9 Å². The lowest BCUT2D eigenvalue weighted by molar-refractivity contribution is 0.0948. The number of hydrogen-bond acceptors (Lipinski definition) is 2. The summed E-state index contributed by atoms with van der Waals surface area (Å²) in [6.45, 7) is 6.18. The fourth-order valence-corrected chi connectivity index (χ4v) is 1.95. The van der Waals surface area contributed by atoms with Crippen molar-refractivity contribution < 1.29 is 9.21 Å². The summed E-state index contributed by atoms with van der Waals surface area (Å²) in [7, 11) is 0. The second-order valence-corrected chi connectivity index (χ2v) is 4.43. The highest BCUT2D eigenvalue weighted by molar-refractivity contribution is 5.99. The second-order valence-electron chi connectivity index (χ2n) is 4.43. The van der Waals surface area contributed by atoms with Crippen LogP contribution in [0.5, 0.6) is 0 Å². The molecule has 0 unspecified atom stereocenters. The van der Waals surface area contributed by atoms with Crippen molar-refractivity contribution in [1.29, 1.82) is 0 Å². The molecule has 0 saturated heterocycles. The summed E-state index contributed by atoms with van der Waals surface area (Å²) < 4.78 is 5.45. The Morgan fingerprint density at radius 2 is 2.15 bits per heavy atom. The number of carbonyl (C=O) groups excluding carboxylic acids is 1. The normalized spacial score (nSPS) is 20.1. The third-order valence-corrected chi connectivity index (χ3v) is 2.85. The van der Waals surface area contributed by atoms with Crippen molar-refractivity contribution in [3.05, 3.63) is 23.2 Å². The Morgan fingerprint density at radius 3 is 2.77 bits per heavy atom. The molecule has 1 aliphatic rings. The first kappa shape index (κ1) is 8.54. The van der Waals surface area contributed by atoms with E-state index in [1.807, 2.05) is 6.92 Å². The van der Waals surface area contributed by atoms with E-state index < -0.39 is 0 Å². The Kier molecular flexibility index (Phi) is 1.62. The fourth-order valence-electron chi connectivity index (χ4n) is 1.95. The average Bonchev–Trinajstić information content (AvgIpc) is 2.42. The van der Waals surface area contributed by atoms with Gasteiger partial charge in [-0.1, -0.05) is 13.8 Å².